The van der Waals surface area contributed by atoms with Crippen LogP contribution in [0.1, 0.15) is 41.5 Å². The molecule has 0 bridgehead atoms. The number of hydrogen-bond donors (Lipinski definition) is 2. The van der Waals surface area contributed by atoms with Crippen molar-refractivity contribution >= 4 is 5.91 Å². The second-order valence-electron chi connectivity index (χ2n) is 2.79. The number of hydrogen-bond acceptors (Lipinski definition) is 2. The van der Waals surface area contributed by atoms with Crippen LogP contribution in [0, 0.1) is 5.41 Å². The van der Waals surface area contributed by atoms with Gasteiger partial charge in [0.15, 0.2) is 0 Å². The van der Waals surface area contributed by atoms with Crippen molar-refractivity contribution in [3.05, 3.63) is 0 Å². The van der Waals surface area contributed by atoms with E-state index in [-0.39, 0.29) is 13.3 Å². The van der Waals surface area contributed by atoms with E-state index in [4.69, 9.17) is 11.5 Å². The zero-order chi connectivity index (χ0) is 9.49. The van der Waals surface area contributed by atoms with E-state index in [9.17, 15) is 4.79 Å². The van der Waals surface area contributed by atoms with Gasteiger partial charge in [-0.3, -0.25) is 4.79 Å². The highest BCUT2D eigenvalue weighted by atomic mass is 16.1. The molecule has 0 fully saturated rings. The van der Waals surface area contributed by atoms with E-state index < -0.39 is 5.41 Å². The lowest BCUT2D eigenvalue weighted by Crippen LogP contribution is -2.33. The average molecular weight is 176 g/mol. The molecule has 0 heterocycles. The molecule has 0 aromatic heterocycles. The lowest BCUT2D eigenvalue weighted by molar-refractivity contribution is -0.126. The van der Waals surface area contributed by atoms with Gasteiger partial charge in [0, 0.05) is 5.41 Å². The summed E-state index contributed by atoms with van der Waals surface area (Å²) in [6.45, 7) is 8.10. The minimum Gasteiger partial charge on any atom is -0.369 e. The Morgan fingerprint density at radius 3 is 1.75 bits per heavy atom. The van der Waals surface area contributed by atoms with Crippen LogP contribution in [0.3, 0.4) is 0 Å². The van der Waals surface area contributed by atoms with Gasteiger partial charge >= 0.3 is 0 Å². The molecule has 12 heavy (non-hydrogen) atoms. The van der Waals surface area contributed by atoms with Crippen molar-refractivity contribution in [2.24, 2.45) is 16.9 Å². The molecule has 0 spiro atoms. The van der Waals surface area contributed by atoms with Crippen LogP contribution in [0.5, 0.6) is 0 Å². The molecule has 0 saturated heterocycles. The summed E-state index contributed by atoms with van der Waals surface area (Å²) in [5.41, 5.74) is 9.87. The van der Waals surface area contributed by atoms with E-state index in [0.717, 1.165) is 0 Å². The monoisotopic (exact) mass is 176 g/mol. The highest BCUT2D eigenvalue weighted by Gasteiger charge is 2.22. The topological polar surface area (TPSA) is 69.1 Å². The third kappa shape index (κ3) is 7.54. The third-order valence-electron chi connectivity index (χ3n) is 1.44. The lowest BCUT2D eigenvalue weighted by Gasteiger charge is -2.18. The van der Waals surface area contributed by atoms with Crippen molar-refractivity contribution < 1.29 is 4.79 Å². The first-order chi connectivity index (χ1) is 5.00. The van der Waals surface area contributed by atoms with Gasteiger partial charge in [0.05, 0.1) is 0 Å². The summed E-state index contributed by atoms with van der Waals surface area (Å²) < 4.78 is 0. The summed E-state index contributed by atoms with van der Waals surface area (Å²) in [6, 6.07) is 0. The smallest absolute Gasteiger partial charge is 0.223 e. The maximum Gasteiger partial charge on any atom is 0.223 e. The molecule has 0 saturated carbocycles. The Bertz CT molecular complexity index is 111. The molecule has 0 atom stereocenters. The van der Waals surface area contributed by atoms with Crippen molar-refractivity contribution in [3.63, 3.8) is 0 Å². The molecule has 0 aliphatic rings. The summed E-state index contributed by atoms with van der Waals surface area (Å²) in [5, 5.41) is 0. The zero-order valence-corrected chi connectivity index (χ0v) is 7.98. The lowest BCUT2D eigenvalue weighted by atomic mass is 9.89. The number of carbonyl (C=O) groups excluding carboxylic acids is 1. The summed E-state index contributed by atoms with van der Waals surface area (Å²) in [6.07, 6.45) is 0.655. The minimum absolute atomic E-state index is 0. The zero-order valence-electron chi connectivity index (χ0n) is 7.98. The van der Waals surface area contributed by atoms with E-state index >= 15 is 0 Å². The number of rotatable bonds is 3. The first-order valence-electron chi connectivity index (χ1n) is 4.00. The van der Waals surface area contributed by atoms with Crippen molar-refractivity contribution in [2.45, 2.75) is 41.5 Å². The van der Waals surface area contributed by atoms with E-state index in [0.29, 0.717) is 13.0 Å². The predicted molar refractivity (Wildman–Crippen MR) is 54.7 cm³/mol. The fraction of sp³-hybridized carbons (Fsp3) is 0.889. The molecule has 0 aromatic rings. The summed E-state index contributed by atoms with van der Waals surface area (Å²) in [5.74, 6) is -0.284. The van der Waals surface area contributed by atoms with Crippen molar-refractivity contribution in [2.75, 3.05) is 6.54 Å². The van der Waals surface area contributed by atoms with Gasteiger partial charge in [0.25, 0.3) is 0 Å². The molecule has 0 aliphatic heterocycles. The summed E-state index contributed by atoms with van der Waals surface area (Å²) in [4.78, 5) is 10.6. The maximum absolute atomic E-state index is 10.6. The molecule has 0 unspecified atom stereocenters. The highest BCUT2D eigenvalue weighted by molar-refractivity contribution is 5.79. The van der Waals surface area contributed by atoms with Crippen molar-refractivity contribution in [3.8, 4) is 0 Å². The Labute approximate surface area is 76.5 Å². The van der Waals surface area contributed by atoms with Gasteiger partial charge in [-0.2, -0.15) is 0 Å². The van der Waals surface area contributed by atoms with Crippen LogP contribution in [0.25, 0.3) is 0 Å². The number of primary amides is 1. The highest BCUT2D eigenvalue weighted by Crippen LogP contribution is 2.17. The second-order valence-corrected chi connectivity index (χ2v) is 2.79. The Morgan fingerprint density at radius 2 is 1.67 bits per heavy atom. The SMILES string of the molecule is C.CC.CC(C)(CCN)C(N)=O. The molecule has 0 radical (unpaired) electrons. The fourth-order valence-electron chi connectivity index (χ4n) is 0.484. The van der Waals surface area contributed by atoms with Gasteiger partial charge in [-0.15, -0.1) is 0 Å². The number of amides is 1. The van der Waals surface area contributed by atoms with Crippen LogP contribution in [0.2, 0.25) is 0 Å². The van der Waals surface area contributed by atoms with Crippen molar-refractivity contribution in [1.29, 1.82) is 0 Å². The second kappa shape index (κ2) is 8.53. The third-order valence-corrected chi connectivity index (χ3v) is 1.44. The molecule has 3 heteroatoms. The van der Waals surface area contributed by atoms with Gasteiger partial charge in [0.2, 0.25) is 5.91 Å². The maximum atomic E-state index is 10.6. The van der Waals surface area contributed by atoms with Gasteiger partial charge in [-0.1, -0.05) is 35.1 Å². The molecular weight excluding hydrogens is 152 g/mol. The van der Waals surface area contributed by atoms with Crippen LogP contribution in [-0.2, 0) is 4.79 Å². The summed E-state index contributed by atoms with van der Waals surface area (Å²) >= 11 is 0. The van der Waals surface area contributed by atoms with Crippen LogP contribution >= 0.6 is 0 Å². The van der Waals surface area contributed by atoms with Gasteiger partial charge in [-0.05, 0) is 13.0 Å². The molecule has 4 N–H and O–H groups in total. The number of carbonyl (C=O) groups is 1. The number of nitrogens with two attached hydrogens (primary N) is 2. The molecule has 0 aromatic carbocycles. The quantitative estimate of drug-likeness (QED) is 0.684. The van der Waals surface area contributed by atoms with Gasteiger partial charge < -0.3 is 11.5 Å². The Hall–Kier alpha value is -0.570. The van der Waals surface area contributed by atoms with E-state index in [1.165, 1.54) is 0 Å². The first-order valence-corrected chi connectivity index (χ1v) is 4.00. The molecule has 0 aliphatic carbocycles. The first kappa shape index (κ1) is 17.5. The van der Waals surface area contributed by atoms with E-state index in [1.807, 2.05) is 13.8 Å². The molecular formula is C9H24N2O. The van der Waals surface area contributed by atoms with Gasteiger partial charge in [-0.25, -0.2) is 0 Å². The standard InChI is InChI=1S/C6H14N2O.C2H6.CH4/c1-6(2,3-4-7)5(8)9;1-2;/h3-4,7H2,1-2H3,(H2,8,9);1-2H3;1H4. The minimum atomic E-state index is -0.436. The predicted octanol–water partition coefficient (Wildman–Crippen LogP) is 1.51. The molecule has 1 amide bonds. The van der Waals surface area contributed by atoms with Gasteiger partial charge in [0.1, 0.15) is 0 Å². The molecule has 0 rings (SSSR count). The van der Waals surface area contributed by atoms with E-state index in [2.05, 4.69) is 0 Å². The Morgan fingerprint density at radius 1 is 1.33 bits per heavy atom. The average Bonchev–Trinajstić information content (AvgIpc) is 1.92. The Kier molecular flexibility index (Phi) is 12.4. The van der Waals surface area contributed by atoms with Crippen LogP contribution in [0.4, 0.5) is 0 Å². The van der Waals surface area contributed by atoms with E-state index in [1.54, 1.807) is 13.8 Å². The summed E-state index contributed by atoms with van der Waals surface area (Å²) in [7, 11) is 0. The molecule has 76 valence electrons. The van der Waals surface area contributed by atoms with Crippen LogP contribution in [-0.4, -0.2) is 12.5 Å². The van der Waals surface area contributed by atoms with Crippen molar-refractivity contribution in [1.82, 2.24) is 0 Å². The molecule has 3 nitrogen and oxygen atoms in total. The fourth-order valence-corrected chi connectivity index (χ4v) is 0.484. The largest absolute Gasteiger partial charge is 0.369 e. The normalized spacial score (nSPS) is 9.08. The van der Waals surface area contributed by atoms with Crippen LogP contribution < -0.4 is 11.5 Å². The van der Waals surface area contributed by atoms with Crippen LogP contribution in [0.15, 0.2) is 0 Å². The Balaban J connectivity index is -0.000000249.